The standard InChI is InChI=1S/C63H69NO16/c1-38(32-33-41-24-16-13-17-25-41)75-46-34-47-62(37-74-47,79-40(3)65)52-54(78-55(68)44-30-22-15-23-31-44)63(72)35-45(39(2)48(60(63,7)8)50(66)53(67)61(46,52)9)76-56(69)51(77-58(71)73-36-42-26-18-14-19-27-42)49(64-57(70)80-59(4,5)6)43-28-20-11-10-12-21-29-43/h10-20,22-27,29-31,45-47,49-52,54,66,72H,1,32-37H2,2-9H3,(H,64,70)/b11-10-/t21?,28?,45-,46?,47?,49-,50?,51+,52?,54-,61+,62-,63?/m0/s1. The third kappa shape index (κ3) is 11.9. The number of allylic oxidation sites excluding steroid dienone is 3. The van der Waals surface area contributed by atoms with E-state index in [4.69, 9.17) is 37.9 Å². The molecule has 1 heterocycles. The van der Waals surface area contributed by atoms with E-state index in [9.17, 15) is 29.4 Å². The van der Waals surface area contributed by atoms with Gasteiger partial charge in [0.05, 0.1) is 29.3 Å². The molecule has 3 N–H and O–H groups in total. The molecule has 3 fully saturated rings. The number of carbonyl (C=O) groups excluding carboxylic acids is 6. The fourth-order valence-corrected chi connectivity index (χ4v) is 11.8. The summed E-state index contributed by atoms with van der Waals surface area (Å²) in [6, 6.07) is 24.6. The Balaban J connectivity index is 1.27. The van der Waals surface area contributed by atoms with Crippen LogP contribution in [0.3, 0.4) is 0 Å². The molecule has 0 radical (unpaired) electrons. The number of carbonyl (C=O) groups is 6. The molecule has 2 saturated carbocycles. The first-order valence-corrected chi connectivity index (χ1v) is 26.6. The van der Waals surface area contributed by atoms with E-state index < -0.39 is 119 Å². The minimum atomic E-state index is -2.46. The average molecular weight is 1100 g/mol. The molecule has 17 heteroatoms. The highest BCUT2D eigenvalue weighted by atomic mass is 16.7. The number of ketones is 1. The maximum atomic E-state index is 16.1. The summed E-state index contributed by atoms with van der Waals surface area (Å²) in [6.07, 6.45) is -4.30. The van der Waals surface area contributed by atoms with Crippen LogP contribution in [0.1, 0.15) is 96.1 Å². The van der Waals surface area contributed by atoms with E-state index in [0.717, 1.165) is 5.56 Å². The first-order chi connectivity index (χ1) is 37.9. The number of benzene rings is 3. The van der Waals surface area contributed by atoms with Crippen LogP contribution >= 0.6 is 0 Å². The SMILES string of the molecule is C=C(CCc1ccccc1)OC1CC2OC[C@@]2(OC(C)=O)C2[C@H](OC(=O)c3ccccc3)C3(O)C[C@H](OC(=O)[C@H](OC(=O)OCc4ccccc4)[C@@H](NC(=O)OC(C)(C)C)C4=C=C/C=C\C=C=C4)C(C)=C(C(O)C(=O)[C@]12C)C3(C)C. The number of fused-ring (bicyclic) bond motifs is 5. The first-order valence-electron chi connectivity index (χ1n) is 26.6. The number of alkyl carbamates (subject to hydrolysis) is 1. The summed E-state index contributed by atoms with van der Waals surface area (Å²) in [4.78, 5) is 87.3. The predicted octanol–water partition coefficient (Wildman–Crippen LogP) is 8.78. The average Bonchev–Trinajstić information content (AvgIpc) is 3.42. The number of amides is 1. The van der Waals surface area contributed by atoms with Gasteiger partial charge in [-0.15, -0.1) is 11.5 Å². The molecule has 3 aromatic rings. The van der Waals surface area contributed by atoms with Gasteiger partial charge in [-0.2, -0.15) is 0 Å². The van der Waals surface area contributed by atoms with Gasteiger partial charge in [0.1, 0.15) is 54.4 Å². The predicted molar refractivity (Wildman–Crippen MR) is 290 cm³/mol. The zero-order valence-electron chi connectivity index (χ0n) is 46.2. The van der Waals surface area contributed by atoms with Crippen molar-refractivity contribution in [1.29, 1.82) is 0 Å². The summed E-state index contributed by atoms with van der Waals surface area (Å²) < 4.78 is 49.3. The third-order valence-corrected chi connectivity index (χ3v) is 15.8. The van der Waals surface area contributed by atoms with Crippen molar-refractivity contribution < 1.29 is 76.9 Å². The van der Waals surface area contributed by atoms with Crippen molar-refractivity contribution in [1.82, 2.24) is 5.32 Å². The van der Waals surface area contributed by atoms with Crippen molar-refractivity contribution in [3.8, 4) is 0 Å². The van der Waals surface area contributed by atoms with Gasteiger partial charge in [0.15, 0.2) is 11.4 Å². The Hall–Kier alpha value is -7.78. The molecule has 0 spiro atoms. The van der Waals surface area contributed by atoms with Crippen LogP contribution in [0.15, 0.2) is 162 Å². The highest BCUT2D eigenvalue weighted by molar-refractivity contribution is 5.94. The Bertz CT molecular complexity index is 3070. The van der Waals surface area contributed by atoms with E-state index >= 15 is 9.59 Å². The summed E-state index contributed by atoms with van der Waals surface area (Å²) in [5.74, 6) is -5.11. The van der Waals surface area contributed by atoms with Crippen molar-refractivity contribution in [2.75, 3.05) is 6.61 Å². The van der Waals surface area contributed by atoms with Crippen molar-refractivity contribution in [2.45, 2.75) is 147 Å². The number of esters is 3. The lowest BCUT2D eigenvalue weighted by Crippen LogP contribution is -2.82. The molecule has 0 aromatic heterocycles. The molecule has 80 heavy (non-hydrogen) atoms. The van der Waals surface area contributed by atoms with E-state index in [-0.39, 0.29) is 47.7 Å². The summed E-state index contributed by atoms with van der Waals surface area (Å²) in [6.45, 7) is 15.9. The second-order valence-corrected chi connectivity index (χ2v) is 22.5. The van der Waals surface area contributed by atoms with Gasteiger partial charge in [0.25, 0.3) is 0 Å². The van der Waals surface area contributed by atoms with Gasteiger partial charge in [-0.3, -0.25) is 9.59 Å². The summed E-state index contributed by atoms with van der Waals surface area (Å²) >= 11 is 0. The number of aryl methyl sites for hydroxylation is 1. The number of aliphatic hydroxyl groups excluding tert-OH is 1. The van der Waals surface area contributed by atoms with Gasteiger partial charge in [-0.25, -0.2) is 19.2 Å². The van der Waals surface area contributed by atoms with Crippen LogP contribution in [-0.2, 0) is 65.3 Å². The van der Waals surface area contributed by atoms with Crippen molar-refractivity contribution >= 4 is 35.9 Å². The van der Waals surface area contributed by atoms with Crippen molar-refractivity contribution in [3.63, 3.8) is 0 Å². The molecule has 2 bridgehead atoms. The molecule has 5 aliphatic rings. The molecule has 8 rings (SSSR count). The number of hydrogen-bond acceptors (Lipinski definition) is 16. The number of hydrogen-bond donors (Lipinski definition) is 3. The van der Waals surface area contributed by atoms with Crippen LogP contribution in [0.4, 0.5) is 9.59 Å². The molecule has 4 aliphatic carbocycles. The van der Waals surface area contributed by atoms with Crippen LogP contribution in [0, 0.1) is 16.7 Å². The summed E-state index contributed by atoms with van der Waals surface area (Å²) in [5.41, 5.74) is -1.33. The zero-order chi connectivity index (χ0) is 57.8. The molecular weight excluding hydrogens is 1030 g/mol. The lowest BCUT2D eigenvalue weighted by molar-refractivity contribution is -0.346. The normalized spacial score (nSPS) is 28.4. The van der Waals surface area contributed by atoms with E-state index in [1.54, 1.807) is 108 Å². The van der Waals surface area contributed by atoms with Crippen LogP contribution < -0.4 is 5.32 Å². The fourth-order valence-electron chi connectivity index (χ4n) is 11.8. The Morgan fingerprint density at radius 2 is 1.52 bits per heavy atom. The minimum absolute atomic E-state index is 0.0525. The van der Waals surface area contributed by atoms with E-state index in [2.05, 4.69) is 23.4 Å². The van der Waals surface area contributed by atoms with Crippen LogP contribution in [0.5, 0.6) is 0 Å². The number of Topliss-reactive ketones (excluding diaryl/α,β-unsaturated/α-hetero) is 1. The molecular formula is C63H69NO16. The maximum Gasteiger partial charge on any atom is 0.509 e. The Labute approximate surface area is 465 Å². The summed E-state index contributed by atoms with van der Waals surface area (Å²) in [7, 11) is 0. The lowest BCUT2D eigenvalue weighted by Gasteiger charge is -2.67. The van der Waals surface area contributed by atoms with E-state index in [1.165, 1.54) is 38.1 Å². The van der Waals surface area contributed by atoms with Crippen LogP contribution in [0.2, 0.25) is 0 Å². The molecule has 422 valence electrons. The molecule has 5 unspecified atom stereocenters. The molecule has 3 aromatic carbocycles. The third-order valence-electron chi connectivity index (χ3n) is 15.8. The second kappa shape index (κ2) is 23.5. The Kier molecular flexibility index (Phi) is 17.2. The number of nitrogens with one attached hydrogen (secondary N) is 1. The van der Waals surface area contributed by atoms with Gasteiger partial charge in [-0.05, 0) is 93.7 Å². The summed E-state index contributed by atoms with van der Waals surface area (Å²) in [5, 5.41) is 29.8. The monoisotopic (exact) mass is 1100 g/mol. The van der Waals surface area contributed by atoms with E-state index in [0.29, 0.717) is 18.4 Å². The van der Waals surface area contributed by atoms with Crippen LogP contribution in [0.25, 0.3) is 0 Å². The smallest absolute Gasteiger partial charge is 0.494 e. The zero-order valence-corrected chi connectivity index (χ0v) is 46.2. The minimum Gasteiger partial charge on any atom is -0.494 e. The topological polar surface area (TPSA) is 229 Å². The first kappa shape index (κ1) is 58.4. The lowest BCUT2D eigenvalue weighted by atomic mass is 9.44. The number of rotatable bonds is 16. The maximum absolute atomic E-state index is 16.1. The van der Waals surface area contributed by atoms with Crippen molar-refractivity contribution in [2.24, 2.45) is 16.7 Å². The largest absolute Gasteiger partial charge is 0.509 e. The highest BCUT2D eigenvalue weighted by Crippen LogP contribution is 2.65. The Morgan fingerprint density at radius 1 is 0.887 bits per heavy atom. The quantitative estimate of drug-likeness (QED) is 0.0400. The molecule has 17 nitrogen and oxygen atoms in total. The van der Waals surface area contributed by atoms with Crippen molar-refractivity contribution in [3.05, 3.63) is 179 Å². The van der Waals surface area contributed by atoms with Gasteiger partial charge >= 0.3 is 30.2 Å². The highest BCUT2D eigenvalue weighted by Gasteiger charge is 2.78. The number of ether oxygens (including phenoxy) is 8. The molecule has 1 saturated heterocycles. The molecule has 1 aliphatic heterocycles. The van der Waals surface area contributed by atoms with E-state index in [1.807, 2.05) is 30.3 Å². The molecule has 11 atom stereocenters. The van der Waals surface area contributed by atoms with Gasteiger partial charge < -0.3 is 53.4 Å². The van der Waals surface area contributed by atoms with Gasteiger partial charge in [-0.1, -0.05) is 111 Å². The van der Waals surface area contributed by atoms with Gasteiger partial charge in [0, 0.05) is 37.2 Å². The number of aliphatic hydroxyl groups is 2. The molecule has 1 amide bonds. The second-order valence-electron chi connectivity index (χ2n) is 22.5. The fraction of sp³-hybridized carbons (Fsp3) is 0.429. The van der Waals surface area contributed by atoms with Crippen LogP contribution in [-0.4, -0.2) is 112 Å². The Morgan fingerprint density at radius 3 is 2.15 bits per heavy atom. The van der Waals surface area contributed by atoms with Gasteiger partial charge in [0.2, 0.25) is 6.10 Å².